The number of amides is 2. The molecule has 2 aromatic rings. The second kappa shape index (κ2) is 8.64. The van der Waals surface area contributed by atoms with Crippen molar-refractivity contribution in [3.8, 4) is 0 Å². The maximum absolute atomic E-state index is 14.8. The highest BCUT2D eigenvalue weighted by Crippen LogP contribution is 2.56. The Kier molecular flexibility index (Phi) is 6.32. The number of halogens is 8. The fourth-order valence-corrected chi connectivity index (χ4v) is 7.81. The molecule has 1 aliphatic heterocycles. The molecule has 0 spiro atoms. The molecule has 15 heteroatoms. The number of nitrogens with two attached hydrogens (primary N) is 1. The van der Waals surface area contributed by atoms with E-state index >= 15 is 0 Å². The summed E-state index contributed by atoms with van der Waals surface area (Å²) in [4.78, 5) is 24.5. The number of primary amides is 1. The molecule has 2 amide bonds. The fraction of sp³-hybridized carbons (Fsp3) is 0.391. The molecular formula is C23H18F8N2O4S. The molecule has 2 aromatic carbocycles. The summed E-state index contributed by atoms with van der Waals surface area (Å²) in [5.74, 6) is -3.43. The van der Waals surface area contributed by atoms with Crippen LogP contribution in [0.4, 0.5) is 35.1 Å². The zero-order valence-electron chi connectivity index (χ0n) is 19.0. The summed E-state index contributed by atoms with van der Waals surface area (Å²) >= 11 is 0. The second-order valence-corrected chi connectivity index (χ2v) is 11.2. The van der Waals surface area contributed by atoms with Gasteiger partial charge in [-0.15, -0.1) is 0 Å². The van der Waals surface area contributed by atoms with E-state index in [4.69, 9.17) is 5.73 Å². The van der Waals surface area contributed by atoms with Gasteiger partial charge in [0.15, 0.2) is 9.84 Å². The number of hydrogen-bond acceptors (Lipinski definition) is 4. The summed E-state index contributed by atoms with van der Waals surface area (Å²) in [6.07, 6.45) is -13.8. The monoisotopic (exact) mass is 570 g/mol. The number of hydrogen-bond donors (Lipinski definition) is 1. The van der Waals surface area contributed by atoms with Gasteiger partial charge in [0, 0.05) is 12.1 Å². The van der Waals surface area contributed by atoms with Crippen molar-refractivity contribution in [2.75, 3.05) is 6.54 Å². The summed E-state index contributed by atoms with van der Waals surface area (Å²) in [5.41, 5.74) is -3.01. The molecule has 0 radical (unpaired) electrons. The van der Waals surface area contributed by atoms with E-state index in [0.717, 1.165) is 29.2 Å². The molecule has 0 bridgehead atoms. The lowest BCUT2D eigenvalue weighted by molar-refractivity contribution is -0.348. The Labute approximate surface area is 210 Å². The first-order valence-electron chi connectivity index (χ1n) is 11.0. The number of likely N-dealkylation sites (tertiary alicyclic amines) is 1. The van der Waals surface area contributed by atoms with Gasteiger partial charge in [0.1, 0.15) is 10.6 Å². The minimum absolute atomic E-state index is 0.211. The van der Waals surface area contributed by atoms with Crippen LogP contribution in [0.3, 0.4) is 0 Å². The van der Waals surface area contributed by atoms with Crippen molar-refractivity contribution in [3.05, 3.63) is 65.0 Å². The van der Waals surface area contributed by atoms with Crippen molar-refractivity contribution in [1.82, 2.24) is 4.90 Å². The number of fused-ring (bicyclic) bond motifs is 3. The number of carbonyl (C=O) groups excluding carboxylic acids is 2. The molecule has 2 atom stereocenters. The highest BCUT2D eigenvalue weighted by Gasteiger charge is 2.73. The molecule has 2 aliphatic rings. The Morgan fingerprint density at radius 3 is 2.05 bits per heavy atom. The fourth-order valence-electron chi connectivity index (χ4n) is 5.44. The highest BCUT2D eigenvalue weighted by molar-refractivity contribution is 7.92. The van der Waals surface area contributed by atoms with Gasteiger partial charge in [-0.1, -0.05) is 18.2 Å². The Balaban J connectivity index is 1.97. The van der Waals surface area contributed by atoms with Crippen LogP contribution in [-0.2, 0) is 36.3 Å². The second-order valence-electron chi connectivity index (χ2n) is 9.04. The maximum Gasteiger partial charge on any atom is 0.435 e. The van der Waals surface area contributed by atoms with E-state index in [0.29, 0.717) is 12.1 Å². The van der Waals surface area contributed by atoms with Crippen LogP contribution >= 0.6 is 0 Å². The summed E-state index contributed by atoms with van der Waals surface area (Å²) in [5, 5.41) is 0. The number of alkyl halides is 7. The normalized spacial score (nSPS) is 22.1. The number of rotatable bonds is 3. The van der Waals surface area contributed by atoms with Crippen LogP contribution in [0.15, 0.2) is 47.4 Å². The van der Waals surface area contributed by atoms with Crippen molar-refractivity contribution < 1.29 is 53.1 Å². The molecular weight excluding hydrogens is 552 g/mol. The first-order chi connectivity index (χ1) is 17.4. The van der Waals surface area contributed by atoms with Crippen molar-refractivity contribution in [2.45, 2.75) is 53.0 Å². The van der Waals surface area contributed by atoms with Crippen LogP contribution in [0.2, 0.25) is 0 Å². The van der Waals surface area contributed by atoms with Crippen LogP contribution in [0.5, 0.6) is 0 Å². The molecule has 38 heavy (non-hydrogen) atoms. The third-order valence-corrected chi connectivity index (χ3v) is 9.69. The number of aryl methyl sites for hydroxylation is 1. The first kappa shape index (κ1) is 27.8. The van der Waals surface area contributed by atoms with Crippen molar-refractivity contribution >= 4 is 21.7 Å². The van der Waals surface area contributed by atoms with Crippen molar-refractivity contribution in [2.24, 2.45) is 5.73 Å². The molecule has 4 rings (SSSR count). The van der Waals surface area contributed by atoms with Gasteiger partial charge in [0.05, 0.1) is 10.9 Å². The molecule has 0 unspecified atom stereocenters. The van der Waals surface area contributed by atoms with E-state index < -0.39 is 73.2 Å². The van der Waals surface area contributed by atoms with Gasteiger partial charge in [-0.3, -0.25) is 9.59 Å². The Morgan fingerprint density at radius 2 is 1.53 bits per heavy atom. The first-order valence-corrected chi connectivity index (χ1v) is 12.4. The Hall–Kier alpha value is -3.23. The van der Waals surface area contributed by atoms with E-state index in [2.05, 4.69) is 0 Å². The summed E-state index contributed by atoms with van der Waals surface area (Å²) in [6.45, 7) is -0.341. The van der Waals surface area contributed by atoms with E-state index in [1.807, 2.05) is 0 Å². The van der Waals surface area contributed by atoms with Crippen LogP contribution < -0.4 is 5.73 Å². The van der Waals surface area contributed by atoms with Crippen LogP contribution in [0, 0.1) is 5.82 Å². The Bertz CT molecular complexity index is 1390. The largest absolute Gasteiger partial charge is 0.435 e. The standard InChI is InChI=1S/C23H18F8N2O4S/c24-14-3-5-15(6-4-14)38(36,37)20-9-10-33(19(35)18(32)34)17(20)8-1-12-11-13(2-7-16(12)20)21(25,22(26,27)28)23(29,30)31/h2-7,11,17H,1,8-10H2,(H2,32,34)/t17-,20-/m0/s1. The van der Waals surface area contributed by atoms with Crippen molar-refractivity contribution in [1.29, 1.82) is 0 Å². The lowest BCUT2D eigenvalue weighted by Crippen LogP contribution is -2.54. The zero-order valence-corrected chi connectivity index (χ0v) is 19.9. The molecule has 206 valence electrons. The van der Waals surface area contributed by atoms with Crippen molar-refractivity contribution in [3.63, 3.8) is 0 Å². The predicted molar refractivity (Wildman–Crippen MR) is 114 cm³/mol. The van der Waals surface area contributed by atoms with E-state index in [9.17, 15) is 53.1 Å². The molecule has 0 aromatic heterocycles. The number of carbonyl (C=O) groups is 2. The van der Waals surface area contributed by atoms with Gasteiger partial charge in [0.2, 0.25) is 0 Å². The number of nitrogens with zero attached hydrogens (tertiary/aromatic N) is 1. The minimum atomic E-state index is -6.38. The van der Waals surface area contributed by atoms with Crippen LogP contribution in [0.25, 0.3) is 0 Å². The van der Waals surface area contributed by atoms with Crippen LogP contribution in [-0.4, -0.2) is 50.1 Å². The predicted octanol–water partition coefficient (Wildman–Crippen LogP) is 3.82. The third-order valence-electron chi connectivity index (χ3n) is 7.14. The van der Waals surface area contributed by atoms with E-state index in [1.54, 1.807) is 0 Å². The summed E-state index contributed by atoms with van der Waals surface area (Å²) in [6, 6.07) is 3.40. The molecule has 6 nitrogen and oxygen atoms in total. The van der Waals surface area contributed by atoms with E-state index in [-0.39, 0.29) is 36.6 Å². The summed E-state index contributed by atoms with van der Waals surface area (Å²) < 4.78 is 134. The quantitative estimate of drug-likeness (QED) is 0.345. The zero-order chi connectivity index (χ0) is 28.5. The Morgan fingerprint density at radius 1 is 0.947 bits per heavy atom. The molecule has 0 saturated carbocycles. The highest BCUT2D eigenvalue weighted by atomic mass is 32.2. The molecule has 1 heterocycles. The van der Waals surface area contributed by atoms with Gasteiger partial charge < -0.3 is 10.6 Å². The van der Waals surface area contributed by atoms with E-state index in [1.165, 1.54) is 0 Å². The lowest BCUT2D eigenvalue weighted by Gasteiger charge is -2.42. The van der Waals surface area contributed by atoms with Gasteiger partial charge in [-0.2, -0.15) is 26.3 Å². The lowest BCUT2D eigenvalue weighted by atomic mass is 9.76. The van der Waals surface area contributed by atoms with Crippen LogP contribution in [0.1, 0.15) is 29.5 Å². The maximum atomic E-state index is 14.8. The smallest absolute Gasteiger partial charge is 0.361 e. The average molecular weight is 570 g/mol. The van der Waals surface area contributed by atoms with Gasteiger partial charge in [-0.25, -0.2) is 17.2 Å². The summed E-state index contributed by atoms with van der Waals surface area (Å²) in [7, 11) is -4.64. The number of benzene rings is 2. The van der Waals surface area contributed by atoms with Gasteiger partial charge in [-0.05, 0) is 54.7 Å². The molecule has 1 fully saturated rings. The average Bonchev–Trinajstić information content (AvgIpc) is 3.23. The molecule has 1 saturated heterocycles. The topological polar surface area (TPSA) is 97.5 Å². The number of sulfone groups is 1. The van der Waals surface area contributed by atoms with Gasteiger partial charge >= 0.3 is 29.8 Å². The minimum Gasteiger partial charge on any atom is -0.361 e. The van der Waals surface area contributed by atoms with Gasteiger partial charge in [0.25, 0.3) is 0 Å². The third kappa shape index (κ3) is 3.76. The molecule has 1 aliphatic carbocycles. The molecule has 2 N–H and O–H groups in total. The SMILES string of the molecule is NC(=O)C(=O)N1CC[C@]2(S(=O)(=O)c3ccc(F)cc3)c3ccc(C(F)(C(F)(F)F)C(F)(F)F)cc3CC[C@H]12.